The zero-order valence-corrected chi connectivity index (χ0v) is 11.2. The molecule has 1 unspecified atom stereocenters. The molecule has 1 fully saturated rings. The summed E-state index contributed by atoms with van der Waals surface area (Å²) in [4.78, 5) is 0. The molecule has 102 valence electrons. The minimum absolute atomic E-state index is 0.546. The molecule has 0 saturated heterocycles. The Kier molecular flexibility index (Phi) is 7.09. The maximum atomic E-state index is 10.4. The second-order valence-electron chi connectivity index (χ2n) is 5.46. The number of hydrogen-bond acceptors (Lipinski definition) is 3. The Bertz CT molecular complexity index is 189. The third-order valence-corrected chi connectivity index (χ3v) is 3.70. The lowest BCUT2D eigenvalue weighted by Crippen LogP contribution is -2.50. The Hall–Kier alpha value is -0.120. The number of aliphatic hydroxyl groups is 2. The van der Waals surface area contributed by atoms with Crippen LogP contribution in [0.1, 0.15) is 77.6 Å². The first-order chi connectivity index (χ1) is 8.16. The smallest absolute Gasteiger partial charge is 0.117 e. The van der Waals surface area contributed by atoms with Crippen molar-refractivity contribution in [1.82, 2.24) is 5.32 Å². The molecule has 17 heavy (non-hydrogen) atoms. The third-order valence-electron chi connectivity index (χ3n) is 3.70. The number of unbranched alkanes of at least 4 members (excludes halogenated alkanes) is 3. The van der Waals surface area contributed by atoms with Gasteiger partial charge in [0.25, 0.3) is 0 Å². The minimum Gasteiger partial charge on any atom is -0.379 e. The number of hydrogen-bond donors (Lipinski definition) is 3. The number of rotatable bonds is 7. The molecule has 0 heterocycles. The van der Waals surface area contributed by atoms with E-state index in [0.29, 0.717) is 0 Å². The number of aliphatic hydroxyl groups excluding tert-OH is 1. The lowest BCUT2D eigenvalue weighted by atomic mass is 10.0. The van der Waals surface area contributed by atoms with Crippen LogP contribution in [0.2, 0.25) is 0 Å². The van der Waals surface area contributed by atoms with Crippen LogP contribution in [0, 0.1) is 0 Å². The van der Waals surface area contributed by atoms with Crippen LogP contribution in [0.25, 0.3) is 0 Å². The van der Waals surface area contributed by atoms with Gasteiger partial charge in [0.15, 0.2) is 0 Å². The van der Waals surface area contributed by atoms with E-state index in [1.807, 2.05) is 0 Å². The highest BCUT2D eigenvalue weighted by Crippen LogP contribution is 2.25. The summed E-state index contributed by atoms with van der Waals surface area (Å²) in [7, 11) is 0. The molecule has 0 radical (unpaired) electrons. The van der Waals surface area contributed by atoms with Crippen molar-refractivity contribution >= 4 is 0 Å². The molecule has 0 bridgehead atoms. The van der Waals surface area contributed by atoms with Gasteiger partial charge in [0.1, 0.15) is 12.0 Å². The van der Waals surface area contributed by atoms with Crippen molar-refractivity contribution in [3.63, 3.8) is 0 Å². The Morgan fingerprint density at radius 2 is 1.71 bits per heavy atom. The summed E-state index contributed by atoms with van der Waals surface area (Å²) in [6, 6.07) is 0. The van der Waals surface area contributed by atoms with Crippen molar-refractivity contribution in [2.75, 3.05) is 0 Å². The first-order valence-corrected chi connectivity index (χ1v) is 7.34. The zero-order valence-electron chi connectivity index (χ0n) is 11.2. The summed E-state index contributed by atoms with van der Waals surface area (Å²) >= 11 is 0. The van der Waals surface area contributed by atoms with E-state index in [2.05, 4.69) is 12.2 Å². The fourth-order valence-electron chi connectivity index (χ4n) is 2.60. The molecular formula is C14H29NO2. The van der Waals surface area contributed by atoms with Gasteiger partial charge in [-0.1, -0.05) is 39.0 Å². The largest absolute Gasteiger partial charge is 0.379 e. The lowest BCUT2D eigenvalue weighted by Gasteiger charge is -2.31. The van der Waals surface area contributed by atoms with Crippen molar-refractivity contribution in [2.24, 2.45) is 0 Å². The van der Waals surface area contributed by atoms with Crippen molar-refractivity contribution in [1.29, 1.82) is 0 Å². The second kappa shape index (κ2) is 8.06. The maximum absolute atomic E-state index is 10.4. The number of nitrogens with one attached hydrogen (secondary N) is 1. The Balaban J connectivity index is 2.20. The molecule has 1 atom stereocenters. The molecule has 3 nitrogen and oxygen atoms in total. The summed E-state index contributed by atoms with van der Waals surface area (Å²) in [5.74, 6) is 0. The van der Waals surface area contributed by atoms with E-state index in [4.69, 9.17) is 0 Å². The summed E-state index contributed by atoms with van der Waals surface area (Å²) in [6.07, 6.45) is 11.0. The van der Waals surface area contributed by atoms with Gasteiger partial charge >= 0.3 is 0 Å². The van der Waals surface area contributed by atoms with Gasteiger partial charge in [0.05, 0.1) is 0 Å². The molecule has 0 aromatic carbocycles. The van der Waals surface area contributed by atoms with Crippen LogP contribution < -0.4 is 5.32 Å². The molecule has 0 aliphatic heterocycles. The fraction of sp³-hybridized carbons (Fsp3) is 1.00. The van der Waals surface area contributed by atoms with Crippen molar-refractivity contribution in [2.45, 2.75) is 89.5 Å². The van der Waals surface area contributed by atoms with Crippen LogP contribution in [0.15, 0.2) is 0 Å². The first kappa shape index (κ1) is 14.9. The molecule has 1 aliphatic rings. The predicted molar refractivity (Wildman–Crippen MR) is 70.6 cm³/mol. The normalized spacial score (nSPS) is 22.1. The lowest BCUT2D eigenvalue weighted by molar-refractivity contribution is -0.0592. The van der Waals surface area contributed by atoms with Crippen molar-refractivity contribution < 1.29 is 10.2 Å². The van der Waals surface area contributed by atoms with Gasteiger partial charge in [-0.2, -0.15) is 0 Å². The average Bonchev–Trinajstić information content (AvgIpc) is 2.49. The monoisotopic (exact) mass is 243 g/mol. The quantitative estimate of drug-likeness (QED) is 0.366. The molecule has 1 saturated carbocycles. The zero-order chi connectivity index (χ0) is 12.6. The molecule has 3 N–H and O–H groups in total. The topological polar surface area (TPSA) is 52.5 Å². The molecule has 0 aromatic heterocycles. The Morgan fingerprint density at radius 3 is 2.29 bits per heavy atom. The van der Waals surface area contributed by atoms with Gasteiger partial charge in [0, 0.05) is 0 Å². The highest BCUT2D eigenvalue weighted by Gasteiger charge is 2.29. The predicted octanol–water partition coefficient (Wildman–Crippen LogP) is 2.91. The Morgan fingerprint density at radius 1 is 1.06 bits per heavy atom. The summed E-state index contributed by atoms with van der Waals surface area (Å²) in [6.45, 7) is 2.18. The van der Waals surface area contributed by atoms with Crippen LogP contribution in [0.4, 0.5) is 0 Å². The van der Waals surface area contributed by atoms with E-state index in [-0.39, 0.29) is 0 Å². The van der Waals surface area contributed by atoms with Crippen LogP contribution >= 0.6 is 0 Å². The van der Waals surface area contributed by atoms with Crippen LogP contribution in [-0.4, -0.2) is 22.2 Å². The molecule has 1 rings (SSSR count). The molecule has 1 aliphatic carbocycles. The minimum atomic E-state index is -0.819. The van der Waals surface area contributed by atoms with E-state index in [0.717, 1.165) is 38.5 Å². The fourth-order valence-corrected chi connectivity index (χ4v) is 2.60. The van der Waals surface area contributed by atoms with Gasteiger partial charge < -0.3 is 10.2 Å². The molecular weight excluding hydrogens is 214 g/mol. The highest BCUT2D eigenvalue weighted by molar-refractivity contribution is 4.79. The Labute approximate surface area is 106 Å². The highest BCUT2D eigenvalue weighted by atomic mass is 16.3. The maximum Gasteiger partial charge on any atom is 0.117 e. The molecule has 0 amide bonds. The first-order valence-electron chi connectivity index (χ1n) is 7.34. The van der Waals surface area contributed by atoms with E-state index < -0.39 is 12.0 Å². The van der Waals surface area contributed by atoms with Crippen molar-refractivity contribution in [3.8, 4) is 0 Å². The van der Waals surface area contributed by atoms with Crippen LogP contribution in [0.5, 0.6) is 0 Å². The average molecular weight is 243 g/mol. The van der Waals surface area contributed by atoms with Crippen molar-refractivity contribution in [3.05, 3.63) is 0 Å². The van der Waals surface area contributed by atoms with Gasteiger partial charge in [-0.15, -0.1) is 0 Å². The standard InChI is InChI=1S/C14H29NO2/c1-2-3-4-7-10-13(16)15-14(17)11-8-5-6-9-12-14/h13,15-17H,2-12H2,1H3. The van der Waals surface area contributed by atoms with Crippen LogP contribution in [-0.2, 0) is 0 Å². The van der Waals surface area contributed by atoms with Gasteiger partial charge in [0.2, 0.25) is 0 Å². The summed E-state index contributed by atoms with van der Waals surface area (Å²) in [5, 5.41) is 23.3. The second-order valence-corrected chi connectivity index (χ2v) is 5.46. The van der Waals surface area contributed by atoms with E-state index in [1.54, 1.807) is 0 Å². The SMILES string of the molecule is CCCCCCC(O)NC1(O)CCCCCC1. The van der Waals surface area contributed by atoms with Gasteiger partial charge in [-0.3, -0.25) is 5.32 Å². The van der Waals surface area contributed by atoms with E-state index in [1.165, 1.54) is 32.1 Å². The van der Waals surface area contributed by atoms with Gasteiger partial charge in [-0.25, -0.2) is 0 Å². The van der Waals surface area contributed by atoms with E-state index >= 15 is 0 Å². The van der Waals surface area contributed by atoms with Crippen LogP contribution in [0.3, 0.4) is 0 Å². The molecule has 0 spiro atoms. The third kappa shape index (κ3) is 6.39. The van der Waals surface area contributed by atoms with Gasteiger partial charge in [-0.05, 0) is 38.5 Å². The molecule has 3 heteroatoms. The van der Waals surface area contributed by atoms with E-state index in [9.17, 15) is 10.2 Å². The summed E-state index contributed by atoms with van der Waals surface area (Å²) < 4.78 is 0. The molecule has 0 aromatic rings. The summed E-state index contributed by atoms with van der Waals surface area (Å²) in [5.41, 5.74) is -0.819.